The zero-order valence-corrected chi connectivity index (χ0v) is 11.8. The van der Waals surface area contributed by atoms with Gasteiger partial charge in [-0.3, -0.25) is 5.73 Å². The highest BCUT2D eigenvalue weighted by molar-refractivity contribution is 8.13. The third kappa shape index (κ3) is 2.91. The van der Waals surface area contributed by atoms with Crippen LogP contribution in [0.1, 0.15) is 16.4 Å². The molecule has 2 N–H and O–H groups in total. The van der Waals surface area contributed by atoms with Gasteiger partial charge >= 0.3 is 5.17 Å². The predicted octanol–water partition coefficient (Wildman–Crippen LogP) is 2.84. The van der Waals surface area contributed by atoms with Crippen molar-refractivity contribution in [2.45, 2.75) is 5.25 Å². The summed E-state index contributed by atoms with van der Waals surface area (Å²) < 4.78 is 1.87. The normalized spacial score (nSPS) is 18.9. The van der Waals surface area contributed by atoms with Gasteiger partial charge in [0.1, 0.15) is 6.54 Å². The van der Waals surface area contributed by atoms with Gasteiger partial charge in [0.15, 0.2) is 0 Å². The van der Waals surface area contributed by atoms with E-state index in [1.54, 1.807) is 11.8 Å². The fourth-order valence-electron chi connectivity index (χ4n) is 2.11. The van der Waals surface area contributed by atoms with Crippen molar-refractivity contribution in [3.05, 3.63) is 71.8 Å². The van der Waals surface area contributed by atoms with Gasteiger partial charge in [0.05, 0.1) is 11.5 Å². The fraction of sp³-hybridized carbons (Fsp3) is 0.125. The summed E-state index contributed by atoms with van der Waals surface area (Å²) in [5.41, 5.74) is 8.43. The van der Waals surface area contributed by atoms with Crippen LogP contribution in [-0.4, -0.2) is 22.6 Å². The zero-order valence-electron chi connectivity index (χ0n) is 11.0. The van der Waals surface area contributed by atoms with Crippen LogP contribution in [0.15, 0.2) is 65.8 Å². The molecule has 0 spiro atoms. The van der Waals surface area contributed by atoms with Gasteiger partial charge in [0, 0.05) is 0 Å². The highest BCUT2D eigenvalue weighted by Gasteiger charge is 2.29. The van der Waals surface area contributed by atoms with Gasteiger partial charge < -0.3 is 0 Å². The average molecular weight is 282 g/mol. The molecule has 20 heavy (non-hydrogen) atoms. The van der Waals surface area contributed by atoms with E-state index in [0.29, 0.717) is 5.25 Å². The van der Waals surface area contributed by atoms with Gasteiger partial charge in [0.25, 0.3) is 0 Å². The van der Waals surface area contributed by atoms with Crippen LogP contribution in [0.5, 0.6) is 0 Å². The lowest BCUT2D eigenvalue weighted by atomic mass is 10.1. The molecule has 1 atom stereocenters. The molecule has 0 radical (unpaired) electrons. The van der Waals surface area contributed by atoms with E-state index < -0.39 is 0 Å². The number of nitrogens with zero attached hydrogens (tertiary/aromatic N) is 2. The molecule has 1 aliphatic heterocycles. The first kappa shape index (κ1) is 12.9. The second kappa shape index (κ2) is 5.92. The van der Waals surface area contributed by atoms with Gasteiger partial charge in [-0.25, -0.2) is 0 Å². The minimum atomic E-state index is 0.351. The Kier molecular flexibility index (Phi) is 3.83. The Morgan fingerprint density at radius 3 is 2.40 bits per heavy atom. The molecule has 3 nitrogen and oxygen atoms in total. The molecule has 0 bridgehead atoms. The summed E-state index contributed by atoms with van der Waals surface area (Å²) in [6.07, 6.45) is 1.85. The molecule has 0 saturated carbocycles. The molecule has 1 aliphatic rings. The molecule has 0 unspecified atom stereocenters. The molecule has 1 heterocycles. The summed E-state index contributed by atoms with van der Waals surface area (Å²) in [4.78, 5) is 0. The van der Waals surface area contributed by atoms with Gasteiger partial charge in [0.2, 0.25) is 0 Å². The standard InChI is InChI=1S/C16H15N3S/c17-16-19(18-11-13-7-3-1-4-8-13)12-15(20-16)14-9-5-2-6-10-14/h1-11,15,17H,12H2/p+1/b18-11+/t15-/m1/s1. The van der Waals surface area contributed by atoms with Crippen molar-refractivity contribution in [3.8, 4) is 0 Å². The van der Waals surface area contributed by atoms with E-state index in [1.165, 1.54) is 5.56 Å². The highest BCUT2D eigenvalue weighted by Crippen LogP contribution is 2.33. The third-order valence-corrected chi connectivity index (χ3v) is 4.33. The number of rotatable bonds is 3. The predicted molar refractivity (Wildman–Crippen MR) is 85.1 cm³/mol. The SMILES string of the molecule is NC1=[N+](/N=C/c2ccccc2)C[C@H](c2ccccc2)S1. The van der Waals surface area contributed by atoms with Crippen molar-refractivity contribution in [1.82, 2.24) is 0 Å². The minimum absolute atomic E-state index is 0.351. The first-order valence-electron chi connectivity index (χ1n) is 6.53. The van der Waals surface area contributed by atoms with E-state index in [9.17, 15) is 0 Å². The second-order valence-electron chi connectivity index (χ2n) is 4.59. The maximum atomic E-state index is 6.06. The van der Waals surface area contributed by atoms with Crippen LogP contribution in [0, 0.1) is 0 Å². The Bertz CT molecular complexity index is 635. The van der Waals surface area contributed by atoms with Crippen LogP contribution < -0.4 is 5.73 Å². The lowest BCUT2D eigenvalue weighted by Crippen LogP contribution is -2.16. The van der Waals surface area contributed by atoms with Crippen molar-refractivity contribution >= 4 is 23.1 Å². The molecule has 2 aromatic rings. The summed E-state index contributed by atoms with van der Waals surface area (Å²) in [7, 11) is 0. The van der Waals surface area contributed by atoms with E-state index in [-0.39, 0.29) is 0 Å². The molecule has 0 saturated heterocycles. The first-order chi connectivity index (χ1) is 9.83. The minimum Gasteiger partial charge on any atom is -0.279 e. The van der Waals surface area contributed by atoms with Crippen molar-refractivity contribution in [2.24, 2.45) is 10.8 Å². The smallest absolute Gasteiger partial charge is 0.279 e. The van der Waals surface area contributed by atoms with Gasteiger partial charge in [-0.05, 0) is 22.9 Å². The van der Waals surface area contributed by atoms with Crippen molar-refractivity contribution < 1.29 is 4.68 Å². The zero-order chi connectivity index (χ0) is 13.8. The third-order valence-electron chi connectivity index (χ3n) is 3.17. The Balaban J connectivity index is 1.72. The Hall–Kier alpha value is -2.07. The molecular formula is C16H16N3S+. The molecule has 3 rings (SSSR count). The van der Waals surface area contributed by atoms with Gasteiger partial charge in [-0.1, -0.05) is 65.8 Å². The summed E-state index contributed by atoms with van der Waals surface area (Å²) in [6, 6.07) is 20.5. The lowest BCUT2D eigenvalue weighted by Gasteiger charge is -2.04. The van der Waals surface area contributed by atoms with Gasteiger partial charge in [-0.2, -0.15) is 0 Å². The summed E-state index contributed by atoms with van der Waals surface area (Å²) in [6.45, 7) is 0.809. The molecule has 4 heteroatoms. The maximum absolute atomic E-state index is 6.06. The van der Waals surface area contributed by atoms with E-state index in [4.69, 9.17) is 5.73 Å². The van der Waals surface area contributed by atoms with Crippen LogP contribution in [0.3, 0.4) is 0 Å². The van der Waals surface area contributed by atoms with E-state index in [2.05, 4.69) is 29.4 Å². The van der Waals surface area contributed by atoms with E-state index in [1.807, 2.05) is 47.3 Å². The molecule has 0 aliphatic carbocycles. The Morgan fingerprint density at radius 1 is 1.05 bits per heavy atom. The molecule has 0 amide bonds. The number of hydrogen-bond donors (Lipinski definition) is 1. The Labute approximate surface area is 122 Å². The van der Waals surface area contributed by atoms with E-state index in [0.717, 1.165) is 17.3 Å². The second-order valence-corrected chi connectivity index (χ2v) is 5.82. The summed E-state index contributed by atoms with van der Waals surface area (Å²) in [5, 5.41) is 5.58. The molecule has 100 valence electrons. The number of hydrazone groups is 1. The largest absolute Gasteiger partial charge is 0.330 e. The van der Waals surface area contributed by atoms with Crippen molar-refractivity contribution in [3.63, 3.8) is 0 Å². The van der Waals surface area contributed by atoms with Crippen LogP contribution >= 0.6 is 11.8 Å². The quantitative estimate of drug-likeness (QED) is 0.695. The molecule has 0 aromatic heterocycles. The number of benzene rings is 2. The maximum Gasteiger partial charge on any atom is 0.330 e. The highest BCUT2D eigenvalue weighted by atomic mass is 32.2. The monoisotopic (exact) mass is 282 g/mol. The van der Waals surface area contributed by atoms with Crippen molar-refractivity contribution in [1.29, 1.82) is 0 Å². The number of thioether (sulfide) groups is 1. The fourth-order valence-corrected chi connectivity index (χ4v) is 3.16. The van der Waals surface area contributed by atoms with Crippen LogP contribution in [-0.2, 0) is 0 Å². The number of hydrogen-bond acceptors (Lipinski definition) is 3. The molecule has 0 fully saturated rings. The van der Waals surface area contributed by atoms with Crippen LogP contribution in [0.4, 0.5) is 0 Å². The van der Waals surface area contributed by atoms with Crippen molar-refractivity contribution in [2.75, 3.05) is 6.54 Å². The summed E-state index contributed by atoms with van der Waals surface area (Å²) in [5.74, 6) is 0. The van der Waals surface area contributed by atoms with E-state index >= 15 is 0 Å². The van der Waals surface area contributed by atoms with Gasteiger partial charge in [-0.15, -0.1) is 4.68 Å². The van der Waals surface area contributed by atoms with Crippen LogP contribution in [0.2, 0.25) is 0 Å². The van der Waals surface area contributed by atoms with Crippen LogP contribution in [0.25, 0.3) is 0 Å². The molecule has 2 aromatic carbocycles. The lowest BCUT2D eigenvalue weighted by molar-refractivity contribution is -0.527. The molecular weight excluding hydrogens is 266 g/mol. The number of nitrogens with two attached hydrogens (primary N) is 1. The number of amidine groups is 1. The summed E-state index contributed by atoms with van der Waals surface area (Å²) >= 11 is 1.67. The average Bonchev–Trinajstić information content (AvgIpc) is 2.88. The Morgan fingerprint density at radius 2 is 1.70 bits per heavy atom. The first-order valence-corrected chi connectivity index (χ1v) is 7.41. The topological polar surface area (TPSA) is 41.4 Å².